The molecule has 2 aromatic rings. The molecule has 0 radical (unpaired) electrons. The van der Waals surface area contributed by atoms with E-state index in [2.05, 4.69) is 25.7 Å². The van der Waals surface area contributed by atoms with Gasteiger partial charge in [0.2, 0.25) is 0 Å². The molecular formula is C18H21Cl2NO. The quantitative estimate of drug-likeness (QED) is 0.768. The van der Waals surface area contributed by atoms with Crippen LogP contribution in [0, 0.1) is 5.92 Å². The van der Waals surface area contributed by atoms with Crippen molar-refractivity contribution in [2.75, 3.05) is 11.4 Å². The molecule has 0 amide bonds. The van der Waals surface area contributed by atoms with Gasteiger partial charge in [0.05, 0.1) is 0 Å². The number of rotatable bonds is 3. The van der Waals surface area contributed by atoms with Gasteiger partial charge in [-0.2, -0.15) is 0 Å². The predicted octanol–water partition coefficient (Wildman–Crippen LogP) is 5.30. The van der Waals surface area contributed by atoms with Crippen LogP contribution in [0.15, 0.2) is 30.3 Å². The van der Waals surface area contributed by atoms with Crippen LogP contribution in [-0.2, 0) is 0 Å². The second kappa shape index (κ2) is 5.82. The van der Waals surface area contributed by atoms with E-state index in [1.807, 2.05) is 30.3 Å². The van der Waals surface area contributed by atoms with Crippen LogP contribution in [0.2, 0.25) is 0 Å². The summed E-state index contributed by atoms with van der Waals surface area (Å²) in [6, 6.07) is 10.1. The Bertz CT molecular complexity index is 699. The Balaban J connectivity index is 2.25. The summed E-state index contributed by atoms with van der Waals surface area (Å²) in [7, 11) is 0. The van der Waals surface area contributed by atoms with Crippen molar-refractivity contribution in [2.24, 2.45) is 5.92 Å². The number of phenolic OH excluding ortho intramolecular Hbond substituents is 1. The van der Waals surface area contributed by atoms with Gasteiger partial charge in [-0.3, -0.25) is 0 Å². The van der Waals surface area contributed by atoms with E-state index in [-0.39, 0.29) is 5.92 Å². The molecule has 0 fully saturated rings. The topological polar surface area (TPSA) is 23.5 Å². The molecule has 2 nitrogen and oxygen atoms in total. The molecule has 1 aliphatic rings. The fourth-order valence-electron chi connectivity index (χ4n) is 3.34. The van der Waals surface area contributed by atoms with Gasteiger partial charge in [-0.15, -0.1) is 23.2 Å². The van der Waals surface area contributed by atoms with E-state index < -0.39 is 4.84 Å². The van der Waals surface area contributed by atoms with Gasteiger partial charge in [-0.1, -0.05) is 38.1 Å². The Morgan fingerprint density at radius 1 is 1.14 bits per heavy atom. The lowest BCUT2D eigenvalue weighted by atomic mass is 9.95. The van der Waals surface area contributed by atoms with Crippen LogP contribution in [0.3, 0.4) is 0 Å². The first kappa shape index (κ1) is 15.8. The second-order valence-corrected chi connectivity index (χ2v) is 7.62. The largest absolute Gasteiger partial charge is 0.507 e. The Kier molecular flexibility index (Phi) is 4.17. The number of phenols is 1. The highest BCUT2D eigenvalue weighted by Gasteiger charge is 2.37. The third kappa shape index (κ3) is 2.43. The van der Waals surface area contributed by atoms with Crippen LogP contribution in [0.1, 0.15) is 32.3 Å². The molecule has 2 unspecified atom stereocenters. The van der Waals surface area contributed by atoms with Crippen LogP contribution in [0.4, 0.5) is 5.69 Å². The average molecular weight is 338 g/mol. The number of alkyl halides is 2. The number of nitrogens with zero attached hydrogens (tertiary/aromatic N) is 1. The summed E-state index contributed by atoms with van der Waals surface area (Å²) in [5, 5.41) is 12.3. The number of benzene rings is 2. The molecule has 0 saturated heterocycles. The maximum absolute atomic E-state index is 10.4. The van der Waals surface area contributed by atoms with E-state index in [0.29, 0.717) is 17.7 Å². The first-order valence-electron chi connectivity index (χ1n) is 7.71. The van der Waals surface area contributed by atoms with Crippen molar-refractivity contribution in [3.63, 3.8) is 0 Å². The Morgan fingerprint density at radius 3 is 2.36 bits per heavy atom. The first-order chi connectivity index (χ1) is 10.4. The number of halogens is 2. The zero-order valence-electron chi connectivity index (χ0n) is 13.1. The highest BCUT2D eigenvalue weighted by atomic mass is 35.5. The monoisotopic (exact) mass is 337 g/mol. The average Bonchev–Trinajstić information content (AvgIpc) is 2.86. The van der Waals surface area contributed by atoms with E-state index in [1.165, 1.54) is 0 Å². The van der Waals surface area contributed by atoms with Crippen molar-refractivity contribution in [3.8, 4) is 5.75 Å². The smallest absolute Gasteiger partial charge is 0.125 e. The molecule has 0 aromatic heterocycles. The molecule has 1 aliphatic heterocycles. The van der Waals surface area contributed by atoms with Gasteiger partial charge in [0.15, 0.2) is 0 Å². The Morgan fingerprint density at radius 2 is 1.77 bits per heavy atom. The van der Waals surface area contributed by atoms with Gasteiger partial charge in [0.1, 0.15) is 10.6 Å². The number of aromatic hydroxyl groups is 1. The molecule has 0 bridgehead atoms. The molecule has 1 heterocycles. The first-order valence-corrected chi connectivity index (χ1v) is 8.58. The highest BCUT2D eigenvalue weighted by Crippen LogP contribution is 2.48. The summed E-state index contributed by atoms with van der Waals surface area (Å²) in [4.78, 5) is 1.87. The molecule has 22 heavy (non-hydrogen) atoms. The molecule has 1 N–H and O–H groups in total. The predicted molar refractivity (Wildman–Crippen MR) is 95.5 cm³/mol. The highest BCUT2D eigenvalue weighted by molar-refractivity contribution is 6.45. The van der Waals surface area contributed by atoms with Gasteiger partial charge in [-0.05, 0) is 23.8 Å². The third-order valence-corrected chi connectivity index (χ3v) is 5.49. The summed E-state index contributed by atoms with van der Waals surface area (Å²) in [6.45, 7) is 7.41. The van der Waals surface area contributed by atoms with Crippen molar-refractivity contribution in [1.82, 2.24) is 0 Å². The minimum Gasteiger partial charge on any atom is -0.507 e. The van der Waals surface area contributed by atoms with Crippen LogP contribution in [-0.4, -0.2) is 22.5 Å². The van der Waals surface area contributed by atoms with Crippen LogP contribution in [0.5, 0.6) is 5.75 Å². The maximum Gasteiger partial charge on any atom is 0.125 e. The third-order valence-electron chi connectivity index (χ3n) is 4.88. The van der Waals surface area contributed by atoms with Gasteiger partial charge < -0.3 is 10.0 Å². The van der Waals surface area contributed by atoms with Crippen molar-refractivity contribution in [2.45, 2.75) is 37.6 Å². The zero-order valence-corrected chi connectivity index (χ0v) is 14.6. The lowest BCUT2D eigenvalue weighted by Crippen LogP contribution is -2.36. The Labute approximate surface area is 141 Å². The number of hydrogen-bond acceptors (Lipinski definition) is 2. The molecule has 118 valence electrons. The second-order valence-electron chi connectivity index (χ2n) is 6.45. The summed E-state index contributed by atoms with van der Waals surface area (Å²) >= 11 is 12.6. The lowest BCUT2D eigenvalue weighted by Gasteiger charge is -2.31. The Hall–Kier alpha value is -1.12. The van der Waals surface area contributed by atoms with E-state index in [0.717, 1.165) is 28.6 Å². The normalized spacial score (nSPS) is 19.2. The van der Waals surface area contributed by atoms with Crippen molar-refractivity contribution < 1.29 is 5.11 Å². The molecule has 0 aliphatic carbocycles. The van der Waals surface area contributed by atoms with Gasteiger partial charge in [0.25, 0.3) is 0 Å². The summed E-state index contributed by atoms with van der Waals surface area (Å²) in [5.74, 6) is 0.881. The summed E-state index contributed by atoms with van der Waals surface area (Å²) < 4.78 is 0. The summed E-state index contributed by atoms with van der Waals surface area (Å²) in [6.07, 6.45) is 0. The van der Waals surface area contributed by atoms with Crippen LogP contribution >= 0.6 is 23.2 Å². The number of hydrogen-bond donors (Lipinski definition) is 1. The molecule has 2 aromatic carbocycles. The van der Waals surface area contributed by atoms with E-state index in [4.69, 9.17) is 23.2 Å². The van der Waals surface area contributed by atoms with E-state index in [9.17, 15) is 5.11 Å². The van der Waals surface area contributed by atoms with Crippen molar-refractivity contribution in [3.05, 3.63) is 35.9 Å². The molecular weight excluding hydrogens is 317 g/mol. The molecule has 2 atom stereocenters. The lowest BCUT2D eigenvalue weighted by molar-refractivity contribution is 0.476. The van der Waals surface area contributed by atoms with E-state index in [1.54, 1.807) is 0 Å². The number of fused-ring (bicyclic) bond motifs is 3. The van der Waals surface area contributed by atoms with E-state index >= 15 is 0 Å². The van der Waals surface area contributed by atoms with Gasteiger partial charge in [0, 0.05) is 35.6 Å². The van der Waals surface area contributed by atoms with Gasteiger partial charge >= 0.3 is 0 Å². The minimum atomic E-state index is -0.462. The fourth-order valence-corrected chi connectivity index (χ4v) is 3.76. The zero-order chi connectivity index (χ0) is 16.0. The minimum absolute atomic E-state index is 0.0602. The molecule has 4 heteroatoms. The van der Waals surface area contributed by atoms with Crippen molar-refractivity contribution >= 4 is 39.7 Å². The SMILES string of the molecule is CC(C)C(C)N1CC(C(Cl)Cl)c2c1cc(O)c1ccccc21. The standard InChI is InChI=1S/C18H21Cl2NO/c1-10(2)11(3)21-9-14(18(19)20)17-13-7-5-4-6-12(13)16(22)8-15(17)21/h4-8,10-11,14,18,22H,9H2,1-3H3. The van der Waals surface area contributed by atoms with Crippen LogP contribution < -0.4 is 4.90 Å². The van der Waals surface area contributed by atoms with Crippen molar-refractivity contribution in [1.29, 1.82) is 0 Å². The van der Waals surface area contributed by atoms with Gasteiger partial charge in [-0.25, -0.2) is 0 Å². The molecule has 3 rings (SSSR count). The maximum atomic E-state index is 10.4. The summed E-state index contributed by atoms with van der Waals surface area (Å²) in [5.41, 5.74) is 2.23. The van der Waals surface area contributed by atoms with Crippen LogP contribution in [0.25, 0.3) is 10.8 Å². The molecule has 0 saturated carbocycles. The molecule has 0 spiro atoms. The fraction of sp³-hybridized carbons (Fsp3) is 0.444. The number of anilines is 1.